The Bertz CT molecular complexity index is 446. The molecule has 18 heavy (non-hydrogen) atoms. The molecule has 0 fully saturated rings. The molecule has 0 bridgehead atoms. The molecule has 0 saturated heterocycles. The van der Waals surface area contributed by atoms with Crippen LogP contribution in [-0.2, 0) is 9.53 Å². The number of hydrogen-bond acceptors (Lipinski definition) is 3. The van der Waals surface area contributed by atoms with E-state index in [0.717, 1.165) is 4.47 Å². The van der Waals surface area contributed by atoms with E-state index in [-0.39, 0.29) is 18.1 Å². The largest absolute Gasteiger partial charge is 0.384 e. The van der Waals surface area contributed by atoms with E-state index in [1.54, 1.807) is 32.2 Å². The van der Waals surface area contributed by atoms with Crippen molar-refractivity contribution in [1.29, 1.82) is 0 Å². The molecule has 0 radical (unpaired) electrons. The number of amides is 1. The predicted molar refractivity (Wildman–Crippen MR) is 73.9 cm³/mol. The smallest absolute Gasteiger partial charge is 0.226 e. The molecule has 1 rings (SSSR count). The summed E-state index contributed by atoms with van der Waals surface area (Å²) in [6.07, 6.45) is 0.672. The standard InChI is InChI=1S/C13H16BrNO3/c1-3-12(16)10-5-4-9(14)8-11(10)15-13(17)6-7-18-2/h4-5,8H,3,6-7H2,1-2H3,(H,15,17). The molecular weight excluding hydrogens is 298 g/mol. The highest BCUT2D eigenvalue weighted by atomic mass is 79.9. The molecule has 0 aromatic heterocycles. The van der Waals surface area contributed by atoms with Crippen molar-refractivity contribution >= 4 is 33.3 Å². The first-order valence-electron chi connectivity index (χ1n) is 5.70. The Labute approximate surface area is 115 Å². The second kappa shape index (κ2) is 7.28. The normalized spacial score (nSPS) is 10.2. The van der Waals surface area contributed by atoms with E-state index in [4.69, 9.17) is 4.74 Å². The molecule has 1 N–H and O–H groups in total. The van der Waals surface area contributed by atoms with Crippen molar-refractivity contribution in [3.05, 3.63) is 28.2 Å². The minimum absolute atomic E-state index is 0.00421. The highest BCUT2D eigenvalue weighted by Gasteiger charge is 2.12. The van der Waals surface area contributed by atoms with Crippen LogP contribution < -0.4 is 5.32 Å². The van der Waals surface area contributed by atoms with Crippen LogP contribution in [0.5, 0.6) is 0 Å². The number of ketones is 1. The summed E-state index contributed by atoms with van der Waals surface area (Å²) in [7, 11) is 1.54. The minimum Gasteiger partial charge on any atom is -0.384 e. The van der Waals surface area contributed by atoms with Crippen LogP contribution in [0.1, 0.15) is 30.1 Å². The van der Waals surface area contributed by atoms with Crippen molar-refractivity contribution in [1.82, 2.24) is 0 Å². The molecule has 0 spiro atoms. The summed E-state index contributed by atoms with van der Waals surface area (Å²) in [5, 5.41) is 2.73. The molecule has 4 nitrogen and oxygen atoms in total. The van der Waals surface area contributed by atoms with E-state index in [0.29, 0.717) is 24.3 Å². The maximum atomic E-state index is 11.7. The van der Waals surface area contributed by atoms with Crippen molar-refractivity contribution < 1.29 is 14.3 Å². The number of benzene rings is 1. The highest BCUT2D eigenvalue weighted by Crippen LogP contribution is 2.23. The lowest BCUT2D eigenvalue weighted by Gasteiger charge is -2.10. The maximum absolute atomic E-state index is 11.7. The first kappa shape index (κ1) is 14.9. The number of rotatable bonds is 6. The molecule has 0 heterocycles. The van der Waals surface area contributed by atoms with Crippen molar-refractivity contribution in [2.24, 2.45) is 0 Å². The number of carbonyl (C=O) groups excluding carboxylic acids is 2. The van der Waals surface area contributed by atoms with Gasteiger partial charge in [-0.25, -0.2) is 0 Å². The van der Waals surface area contributed by atoms with E-state index in [1.807, 2.05) is 0 Å². The van der Waals surface area contributed by atoms with Gasteiger partial charge in [0.2, 0.25) is 5.91 Å². The predicted octanol–water partition coefficient (Wildman–Crippen LogP) is 3.02. The van der Waals surface area contributed by atoms with Crippen LogP contribution in [-0.4, -0.2) is 25.4 Å². The Hall–Kier alpha value is -1.20. The minimum atomic E-state index is -0.167. The summed E-state index contributed by atoms with van der Waals surface area (Å²) in [5.41, 5.74) is 1.07. The van der Waals surface area contributed by atoms with Crippen LogP contribution in [0.2, 0.25) is 0 Å². The number of methoxy groups -OCH3 is 1. The molecule has 1 aromatic carbocycles. The third kappa shape index (κ3) is 4.23. The van der Waals surface area contributed by atoms with Gasteiger partial charge in [-0.2, -0.15) is 0 Å². The van der Waals surface area contributed by atoms with Gasteiger partial charge < -0.3 is 10.1 Å². The van der Waals surface area contributed by atoms with Gasteiger partial charge in [-0.1, -0.05) is 22.9 Å². The van der Waals surface area contributed by atoms with Crippen LogP contribution in [0.3, 0.4) is 0 Å². The zero-order valence-electron chi connectivity index (χ0n) is 10.5. The fraction of sp³-hybridized carbons (Fsp3) is 0.385. The fourth-order valence-corrected chi connectivity index (χ4v) is 1.82. The van der Waals surface area contributed by atoms with Crippen LogP contribution in [0.4, 0.5) is 5.69 Å². The zero-order valence-corrected chi connectivity index (χ0v) is 12.0. The van der Waals surface area contributed by atoms with Crippen molar-refractivity contribution in [3.63, 3.8) is 0 Å². The SMILES string of the molecule is CCC(=O)c1ccc(Br)cc1NC(=O)CCOC. The van der Waals surface area contributed by atoms with Crippen molar-refractivity contribution in [2.45, 2.75) is 19.8 Å². The Morgan fingerprint density at radius 3 is 2.72 bits per heavy atom. The first-order valence-corrected chi connectivity index (χ1v) is 6.49. The number of Topliss-reactive ketones (excluding diaryl/α,β-unsaturated/α-hetero) is 1. The fourth-order valence-electron chi connectivity index (χ4n) is 1.46. The third-order valence-corrected chi connectivity index (χ3v) is 2.90. The summed E-state index contributed by atoms with van der Waals surface area (Å²) in [6.45, 7) is 2.15. The molecular formula is C13H16BrNO3. The average Bonchev–Trinajstić information content (AvgIpc) is 2.35. The molecule has 0 aliphatic heterocycles. The van der Waals surface area contributed by atoms with E-state index >= 15 is 0 Å². The van der Waals surface area contributed by atoms with Crippen LogP contribution >= 0.6 is 15.9 Å². The van der Waals surface area contributed by atoms with E-state index in [1.165, 1.54) is 0 Å². The molecule has 1 aromatic rings. The van der Waals surface area contributed by atoms with Gasteiger partial charge >= 0.3 is 0 Å². The summed E-state index contributed by atoms with van der Waals surface area (Å²) >= 11 is 3.32. The number of nitrogens with one attached hydrogen (secondary N) is 1. The number of anilines is 1. The van der Waals surface area contributed by atoms with E-state index in [2.05, 4.69) is 21.2 Å². The summed E-state index contributed by atoms with van der Waals surface area (Å²) < 4.78 is 5.65. The third-order valence-electron chi connectivity index (χ3n) is 2.41. The monoisotopic (exact) mass is 313 g/mol. The lowest BCUT2D eigenvalue weighted by atomic mass is 10.1. The zero-order chi connectivity index (χ0) is 13.5. The van der Waals surface area contributed by atoms with Crippen LogP contribution in [0.25, 0.3) is 0 Å². The van der Waals surface area contributed by atoms with Gasteiger partial charge in [0.1, 0.15) is 0 Å². The maximum Gasteiger partial charge on any atom is 0.226 e. The van der Waals surface area contributed by atoms with E-state index < -0.39 is 0 Å². The average molecular weight is 314 g/mol. The van der Waals surface area contributed by atoms with Crippen molar-refractivity contribution in [3.8, 4) is 0 Å². The number of carbonyl (C=O) groups is 2. The molecule has 5 heteroatoms. The van der Waals surface area contributed by atoms with Gasteiger partial charge in [0.15, 0.2) is 5.78 Å². The second-order valence-electron chi connectivity index (χ2n) is 3.76. The summed E-state index contributed by atoms with van der Waals surface area (Å²) in [4.78, 5) is 23.4. The lowest BCUT2D eigenvalue weighted by Crippen LogP contribution is -2.16. The van der Waals surface area contributed by atoms with Gasteiger partial charge in [0, 0.05) is 23.6 Å². The van der Waals surface area contributed by atoms with Gasteiger partial charge in [-0.3, -0.25) is 9.59 Å². The Balaban J connectivity index is 2.88. The van der Waals surface area contributed by atoms with Crippen molar-refractivity contribution in [2.75, 3.05) is 19.0 Å². The Morgan fingerprint density at radius 2 is 2.11 bits per heavy atom. The summed E-state index contributed by atoms with van der Waals surface area (Å²) in [5.74, 6) is -0.162. The molecule has 0 unspecified atom stereocenters. The molecule has 0 saturated carbocycles. The highest BCUT2D eigenvalue weighted by molar-refractivity contribution is 9.10. The van der Waals surface area contributed by atoms with Gasteiger partial charge in [0.25, 0.3) is 0 Å². The molecule has 0 aliphatic rings. The number of hydrogen-bond donors (Lipinski definition) is 1. The topological polar surface area (TPSA) is 55.4 Å². The summed E-state index contributed by atoms with van der Waals surface area (Å²) in [6, 6.07) is 5.23. The Kier molecular flexibility index (Phi) is 6.01. The molecule has 0 aliphatic carbocycles. The molecule has 98 valence electrons. The number of ether oxygens (including phenoxy) is 1. The first-order chi connectivity index (χ1) is 8.58. The molecule has 1 amide bonds. The van der Waals surface area contributed by atoms with E-state index in [9.17, 15) is 9.59 Å². The van der Waals surface area contributed by atoms with Gasteiger partial charge in [-0.15, -0.1) is 0 Å². The molecule has 0 atom stereocenters. The van der Waals surface area contributed by atoms with Crippen LogP contribution in [0.15, 0.2) is 22.7 Å². The lowest BCUT2D eigenvalue weighted by molar-refractivity contribution is -0.117. The van der Waals surface area contributed by atoms with Gasteiger partial charge in [0.05, 0.1) is 18.7 Å². The number of halogens is 1. The quantitative estimate of drug-likeness (QED) is 0.821. The second-order valence-corrected chi connectivity index (χ2v) is 4.67. The van der Waals surface area contributed by atoms with Gasteiger partial charge in [-0.05, 0) is 18.2 Å². The Morgan fingerprint density at radius 1 is 1.39 bits per heavy atom. The van der Waals surface area contributed by atoms with Crippen LogP contribution in [0, 0.1) is 0 Å².